The van der Waals surface area contributed by atoms with Crippen LogP contribution in [0.3, 0.4) is 0 Å². The Kier molecular flexibility index (Phi) is 5.45. The van der Waals surface area contributed by atoms with Gasteiger partial charge in [-0.05, 0) is 25.1 Å². The SMILES string of the molecule is CCNC(=O)c1ccc(N)cc1N(C)CCOC. The van der Waals surface area contributed by atoms with Gasteiger partial charge in [0, 0.05) is 32.9 Å². The molecule has 0 bridgehead atoms. The Labute approximate surface area is 108 Å². The number of hydrogen-bond acceptors (Lipinski definition) is 4. The number of nitrogen functional groups attached to an aromatic ring is 1. The van der Waals surface area contributed by atoms with Crippen molar-refractivity contribution in [1.82, 2.24) is 5.32 Å². The van der Waals surface area contributed by atoms with Crippen molar-refractivity contribution < 1.29 is 9.53 Å². The number of methoxy groups -OCH3 is 1. The first-order valence-corrected chi connectivity index (χ1v) is 5.98. The second-order valence-electron chi connectivity index (χ2n) is 4.05. The van der Waals surface area contributed by atoms with Crippen LogP contribution in [0, 0.1) is 0 Å². The first-order chi connectivity index (χ1) is 8.60. The van der Waals surface area contributed by atoms with E-state index in [4.69, 9.17) is 10.5 Å². The minimum atomic E-state index is -0.0863. The number of nitrogens with zero attached hydrogens (tertiary/aromatic N) is 1. The van der Waals surface area contributed by atoms with E-state index in [9.17, 15) is 4.79 Å². The lowest BCUT2D eigenvalue weighted by Gasteiger charge is -2.22. The highest BCUT2D eigenvalue weighted by Gasteiger charge is 2.14. The van der Waals surface area contributed by atoms with Gasteiger partial charge in [-0.1, -0.05) is 0 Å². The predicted octanol–water partition coefficient (Wildman–Crippen LogP) is 1.10. The molecule has 1 amide bonds. The molecule has 1 aromatic carbocycles. The smallest absolute Gasteiger partial charge is 0.253 e. The van der Waals surface area contributed by atoms with Crippen molar-refractivity contribution in [3.05, 3.63) is 23.8 Å². The van der Waals surface area contributed by atoms with Crippen LogP contribution in [-0.4, -0.2) is 39.8 Å². The largest absolute Gasteiger partial charge is 0.399 e. The summed E-state index contributed by atoms with van der Waals surface area (Å²) < 4.78 is 5.04. The molecule has 18 heavy (non-hydrogen) atoms. The minimum absolute atomic E-state index is 0.0863. The average Bonchev–Trinajstić information content (AvgIpc) is 2.36. The molecule has 0 radical (unpaired) electrons. The van der Waals surface area contributed by atoms with Crippen molar-refractivity contribution in [1.29, 1.82) is 0 Å². The summed E-state index contributed by atoms with van der Waals surface area (Å²) in [6, 6.07) is 5.29. The summed E-state index contributed by atoms with van der Waals surface area (Å²) >= 11 is 0. The van der Waals surface area contributed by atoms with Gasteiger partial charge in [0.1, 0.15) is 0 Å². The maximum Gasteiger partial charge on any atom is 0.253 e. The molecule has 1 aromatic rings. The number of nitrogens with two attached hydrogens (primary N) is 1. The van der Waals surface area contributed by atoms with Crippen molar-refractivity contribution in [2.24, 2.45) is 0 Å². The van der Waals surface area contributed by atoms with Crippen molar-refractivity contribution in [3.63, 3.8) is 0 Å². The number of likely N-dealkylation sites (N-methyl/N-ethyl adjacent to an activating group) is 1. The second kappa shape index (κ2) is 6.86. The van der Waals surface area contributed by atoms with Crippen molar-refractivity contribution in [2.45, 2.75) is 6.92 Å². The van der Waals surface area contributed by atoms with E-state index in [0.29, 0.717) is 30.9 Å². The van der Waals surface area contributed by atoms with Crippen LogP contribution in [0.5, 0.6) is 0 Å². The van der Waals surface area contributed by atoms with Crippen LogP contribution < -0.4 is 16.0 Å². The Hall–Kier alpha value is -1.75. The molecule has 0 aromatic heterocycles. The minimum Gasteiger partial charge on any atom is -0.399 e. The molecule has 0 unspecified atom stereocenters. The average molecular weight is 251 g/mol. The van der Waals surface area contributed by atoms with Crippen LogP contribution in [0.1, 0.15) is 17.3 Å². The fraction of sp³-hybridized carbons (Fsp3) is 0.462. The molecular formula is C13H21N3O2. The molecular weight excluding hydrogens is 230 g/mol. The number of carbonyl (C=O) groups excluding carboxylic acids is 1. The Morgan fingerprint density at radius 1 is 1.50 bits per heavy atom. The molecule has 3 N–H and O–H groups in total. The summed E-state index contributed by atoms with van der Waals surface area (Å²) in [5.74, 6) is -0.0863. The van der Waals surface area contributed by atoms with Crippen LogP contribution >= 0.6 is 0 Å². The Balaban J connectivity index is 2.99. The maximum absolute atomic E-state index is 11.9. The van der Waals surface area contributed by atoms with Gasteiger partial charge >= 0.3 is 0 Å². The fourth-order valence-electron chi connectivity index (χ4n) is 1.66. The van der Waals surface area contributed by atoms with Crippen LogP contribution in [0.15, 0.2) is 18.2 Å². The third kappa shape index (κ3) is 3.63. The lowest BCUT2D eigenvalue weighted by molar-refractivity contribution is 0.0956. The van der Waals surface area contributed by atoms with Crippen molar-refractivity contribution in [3.8, 4) is 0 Å². The molecule has 100 valence electrons. The lowest BCUT2D eigenvalue weighted by Crippen LogP contribution is -2.28. The zero-order valence-electron chi connectivity index (χ0n) is 11.2. The Morgan fingerprint density at radius 3 is 2.83 bits per heavy atom. The summed E-state index contributed by atoms with van der Waals surface area (Å²) in [5, 5.41) is 2.79. The van der Waals surface area contributed by atoms with Crippen LogP contribution in [0.2, 0.25) is 0 Å². The number of hydrogen-bond donors (Lipinski definition) is 2. The molecule has 0 atom stereocenters. The zero-order valence-corrected chi connectivity index (χ0v) is 11.2. The standard InChI is InChI=1S/C13H21N3O2/c1-4-15-13(17)11-6-5-10(14)9-12(11)16(2)7-8-18-3/h5-6,9H,4,7-8,14H2,1-3H3,(H,15,17). The lowest BCUT2D eigenvalue weighted by atomic mass is 10.1. The number of amides is 1. The predicted molar refractivity (Wildman–Crippen MR) is 74.0 cm³/mol. The first-order valence-electron chi connectivity index (χ1n) is 5.98. The zero-order chi connectivity index (χ0) is 13.5. The van der Waals surface area contributed by atoms with Crippen molar-refractivity contribution in [2.75, 3.05) is 44.5 Å². The number of nitrogens with one attached hydrogen (secondary N) is 1. The van der Waals surface area contributed by atoms with Gasteiger partial charge in [0.25, 0.3) is 5.91 Å². The van der Waals surface area contributed by atoms with E-state index in [2.05, 4.69) is 5.32 Å². The normalized spacial score (nSPS) is 10.2. The molecule has 0 saturated carbocycles. The molecule has 0 heterocycles. The Morgan fingerprint density at radius 2 is 2.22 bits per heavy atom. The van der Waals surface area contributed by atoms with Crippen LogP contribution in [0.25, 0.3) is 0 Å². The summed E-state index contributed by atoms with van der Waals surface area (Å²) in [6.07, 6.45) is 0. The number of anilines is 2. The summed E-state index contributed by atoms with van der Waals surface area (Å²) in [4.78, 5) is 13.9. The molecule has 5 heteroatoms. The van der Waals surface area contributed by atoms with Gasteiger partial charge in [0.2, 0.25) is 0 Å². The number of carbonyl (C=O) groups is 1. The topological polar surface area (TPSA) is 67.6 Å². The van der Waals surface area contributed by atoms with Crippen LogP contribution in [0.4, 0.5) is 11.4 Å². The van der Waals surface area contributed by atoms with E-state index in [1.165, 1.54) is 0 Å². The van der Waals surface area contributed by atoms with Gasteiger partial charge in [0.05, 0.1) is 17.9 Å². The van der Waals surface area contributed by atoms with E-state index in [-0.39, 0.29) is 5.91 Å². The summed E-state index contributed by atoms with van der Waals surface area (Å²) in [6.45, 7) is 3.79. The van der Waals surface area contributed by atoms with Gasteiger partial charge in [-0.2, -0.15) is 0 Å². The molecule has 0 fully saturated rings. The van der Waals surface area contributed by atoms with E-state index in [0.717, 1.165) is 5.69 Å². The highest BCUT2D eigenvalue weighted by Crippen LogP contribution is 2.22. The molecule has 1 rings (SSSR count). The molecule has 0 saturated heterocycles. The van der Waals surface area contributed by atoms with Gasteiger partial charge < -0.3 is 20.7 Å². The van der Waals surface area contributed by atoms with Gasteiger partial charge in [-0.25, -0.2) is 0 Å². The molecule has 5 nitrogen and oxygen atoms in total. The molecule has 0 aliphatic rings. The van der Waals surface area contributed by atoms with E-state index in [1.54, 1.807) is 25.3 Å². The number of benzene rings is 1. The monoisotopic (exact) mass is 251 g/mol. The van der Waals surface area contributed by atoms with Crippen LogP contribution in [-0.2, 0) is 4.74 Å². The van der Waals surface area contributed by atoms with E-state index in [1.807, 2.05) is 18.9 Å². The summed E-state index contributed by atoms with van der Waals surface area (Å²) in [7, 11) is 3.56. The van der Waals surface area contributed by atoms with Crippen molar-refractivity contribution >= 4 is 17.3 Å². The first kappa shape index (κ1) is 14.3. The molecule has 0 aliphatic carbocycles. The highest BCUT2D eigenvalue weighted by molar-refractivity contribution is 6.00. The third-order valence-corrected chi connectivity index (χ3v) is 2.65. The van der Waals surface area contributed by atoms with E-state index >= 15 is 0 Å². The second-order valence-corrected chi connectivity index (χ2v) is 4.05. The van der Waals surface area contributed by atoms with Gasteiger partial charge in [-0.15, -0.1) is 0 Å². The fourth-order valence-corrected chi connectivity index (χ4v) is 1.66. The third-order valence-electron chi connectivity index (χ3n) is 2.65. The summed E-state index contributed by atoms with van der Waals surface area (Å²) in [5.41, 5.74) is 7.87. The maximum atomic E-state index is 11.9. The Bertz CT molecular complexity index is 407. The quantitative estimate of drug-likeness (QED) is 0.743. The molecule has 0 aliphatic heterocycles. The van der Waals surface area contributed by atoms with Gasteiger partial charge in [-0.3, -0.25) is 4.79 Å². The number of rotatable bonds is 6. The van der Waals surface area contributed by atoms with Gasteiger partial charge in [0.15, 0.2) is 0 Å². The number of ether oxygens (including phenoxy) is 1. The highest BCUT2D eigenvalue weighted by atomic mass is 16.5. The molecule has 0 spiro atoms. The van der Waals surface area contributed by atoms with E-state index < -0.39 is 0 Å².